The molecule has 0 fully saturated rings. The third kappa shape index (κ3) is 5.11. The van der Waals surface area contributed by atoms with Gasteiger partial charge in [-0.1, -0.05) is 30.3 Å². The number of halogens is 1. The second-order valence-corrected chi connectivity index (χ2v) is 9.41. The number of anilines is 2. The Kier molecular flexibility index (Phi) is 6.97. The highest BCUT2D eigenvalue weighted by atomic mass is 32.2. The molecule has 2 aromatic carbocycles. The summed E-state index contributed by atoms with van der Waals surface area (Å²) in [6.45, 7) is 3.66. The first-order valence-corrected chi connectivity index (χ1v) is 12.0. The molecule has 1 heterocycles. The maximum absolute atomic E-state index is 14.2. The van der Waals surface area contributed by atoms with E-state index in [4.69, 9.17) is 0 Å². The van der Waals surface area contributed by atoms with Gasteiger partial charge in [-0.2, -0.15) is 0 Å². The number of hydrogen-bond acceptors (Lipinski definition) is 4. The highest BCUT2D eigenvalue weighted by molar-refractivity contribution is 7.92. The summed E-state index contributed by atoms with van der Waals surface area (Å²) in [4.78, 5) is 14.9. The first-order chi connectivity index (χ1) is 14.3. The van der Waals surface area contributed by atoms with Crippen molar-refractivity contribution in [1.29, 1.82) is 0 Å². The lowest BCUT2D eigenvalue weighted by molar-refractivity contribution is -0.121. The minimum Gasteiger partial charge on any atom is -0.371 e. The van der Waals surface area contributed by atoms with Crippen LogP contribution in [0.5, 0.6) is 0 Å². The zero-order valence-electron chi connectivity index (χ0n) is 17.3. The molecule has 0 saturated heterocycles. The van der Waals surface area contributed by atoms with Crippen molar-refractivity contribution in [3.05, 3.63) is 59.9 Å². The summed E-state index contributed by atoms with van der Waals surface area (Å²) >= 11 is 0. The SMILES string of the molecule is C[C@@H](C(=O)NCCCN1CCCc2ccccc21)N(c1ccccc1F)S(C)(=O)=O. The molecule has 8 heteroatoms. The Morgan fingerprint density at radius 3 is 2.63 bits per heavy atom. The number of para-hydroxylation sites is 2. The van der Waals surface area contributed by atoms with Gasteiger partial charge in [0.15, 0.2) is 0 Å². The molecule has 1 N–H and O–H groups in total. The lowest BCUT2D eigenvalue weighted by Gasteiger charge is -2.31. The molecule has 0 saturated carbocycles. The van der Waals surface area contributed by atoms with Crippen LogP contribution in [-0.2, 0) is 21.2 Å². The van der Waals surface area contributed by atoms with Crippen molar-refractivity contribution in [2.45, 2.75) is 32.2 Å². The van der Waals surface area contributed by atoms with Gasteiger partial charge in [-0.05, 0) is 49.9 Å². The molecule has 0 bridgehead atoms. The third-order valence-corrected chi connectivity index (χ3v) is 6.52. The summed E-state index contributed by atoms with van der Waals surface area (Å²) in [5.74, 6) is -1.14. The summed E-state index contributed by atoms with van der Waals surface area (Å²) in [7, 11) is -3.84. The highest BCUT2D eigenvalue weighted by Crippen LogP contribution is 2.27. The Bertz CT molecular complexity index is 997. The van der Waals surface area contributed by atoms with Crippen LogP contribution in [0.1, 0.15) is 25.3 Å². The zero-order chi connectivity index (χ0) is 21.7. The van der Waals surface area contributed by atoms with E-state index in [0.717, 1.165) is 42.9 Å². The molecule has 30 heavy (non-hydrogen) atoms. The van der Waals surface area contributed by atoms with Crippen LogP contribution < -0.4 is 14.5 Å². The van der Waals surface area contributed by atoms with Crippen LogP contribution in [0.25, 0.3) is 0 Å². The Morgan fingerprint density at radius 2 is 1.90 bits per heavy atom. The first-order valence-electron chi connectivity index (χ1n) is 10.1. The van der Waals surface area contributed by atoms with Crippen molar-refractivity contribution in [1.82, 2.24) is 5.32 Å². The van der Waals surface area contributed by atoms with Crippen molar-refractivity contribution in [2.24, 2.45) is 0 Å². The van der Waals surface area contributed by atoms with Crippen molar-refractivity contribution in [3.8, 4) is 0 Å². The summed E-state index contributed by atoms with van der Waals surface area (Å²) in [5, 5.41) is 2.79. The largest absolute Gasteiger partial charge is 0.371 e. The molecule has 0 aromatic heterocycles. The predicted octanol–water partition coefficient (Wildman–Crippen LogP) is 2.94. The quantitative estimate of drug-likeness (QED) is 0.650. The molecule has 1 aliphatic rings. The average molecular weight is 434 g/mol. The van der Waals surface area contributed by atoms with Crippen LogP contribution in [-0.4, -0.2) is 46.3 Å². The molecule has 2 aromatic rings. The number of amides is 1. The molecule has 1 atom stereocenters. The predicted molar refractivity (Wildman–Crippen MR) is 118 cm³/mol. The zero-order valence-corrected chi connectivity index (χ0v) is 18.2. The van der Waals surface area contributed by atoms with E-state index in [1.807, 2.05) is 12.1 Å². The molecule has 1 aliphatic heterocycles. The number of rotatable bonds is 8. The summed E-state index contributed by atoms with van der Waals surface area (Å²) < 4.78 is 39.5. The summed E-state index contributed by atoms with van der Waals surface area (Å²) in [5.41, 5.74) is 2.45. The number of carbonyl (C=O) groups excluding carboxylic acids is 1. The van der Waals surface area contributed by atoms with Gasteiger partial charge in [0.1, 0.15) is 11.9 Å². The highest BCUT2D eigenvalue weighted by Gasteiger charge is 2.30. The van der Waals surface area contributed by atoms with Crippen LogP contribution in [0.15, 0.2) is 48.5 Å². The van der Waals surface area contributed by atoms with Crippen molar-refractivity contribution in [2.75, 3.05) is 35.1 Å². The maximum atomic E-state index is 14.2. The first kappa shape index (κ1) is 22.1. The average Bonchev–Trinajstić information content (AvgIpc) is 2.71. The molecule has 6 nitrogen and oxygen atoms in total. The fourth-order valence-corrected chi connectivity index (χ4v) is 5.06. The van der Waals surface area contributed by atoms with Gasteiger partial charge in [0.05, 0.1) is 11.9 Å². The Balaban J connectivity index is 1.58. The van der Waals surface area contributed by atoms with Gasteiger partial charge in [-0.3, -0.25) is 9.10 Å². The standard InChI is InChI=1S/C22H28FN3O3S/c1-17(26(30(2,28)29)21-13-6-4-11-19(21)23)22(27)24-14-8-16-25-15-7-10-18-9-3-5-12-20(18)25/h3-6,9,11-13,17H,7-8,10,14-16H2,1-2H3,(H,24,27)/t17-/m0/s1. The molecular weight excluding hydrogens is 405 g/mol. The smallest absolute Gasteiger partial charge is 0.243 e. The van der Waals surface area contributed by atoms with Crippen molar-refractivity contribution in [3.63, 3.8) is 0 Å². The number of nitrogens with zero attached hydrogens (tertiary/aromatic N) is 2. The Hall–Kier alpha value is -2.61. The van der Waals surface area contributed by atoms with E-state index < -0.39 is 27.8 Å². The summed E-state index contributed by atoms with van der Waals surface area (Å²) in [6.07, 6.45) is 3.88. The second-order valence-electron chi connectivity index (χ2n) is 7.55. The van der Waals surface area contributed by atoms with Gasteiger partial charge < -0.3 is 10.2 Å². The monoisotopic (exact) mass is 433 g/mol. The van der Waals surface area contributed by atoms with Crippen LogP contribution in [0, 0.1) is 5.82 Å². The lowest BCUT2D eigenvalue weighted by Crippen LogP contribution is -2.48. The number of benzene rings is 2. The Morgan fingerprint density at radius 1 is 1.20 bits per heavy atom. The normalized spacial score (nSPS) is 14.7. The number of hydrogen-bond donors (Lipinski definition) is 1. The second kappa shape index (κ2) is 9.47. The molecule has 162 valence electrons. The fraction of sp³-hybridized carbons (Fsp3) is 0.409. The van der Waals surface area contributed by atoms with Crippen molar-refractivity contribution >= 4 is 27.3 Å². The van der Waals surface area contributed by atoms with E-state index >= 15 is 0 Å². The number of nitrogens with one attached hydrogen (secondary N) is 1. The van der Waals surface area contributed by atoms with Gasteiger partial charge >= 0.3 is 0 Å². The van der Waals surface area contributed by atoms with Crippen LogP contribution in [0.3, 0.4) is 0 Å². The van der Waals surface area contributed by atoms with Gasteiger partial charge in [0.25, 0.3) is 0 Å². The van der Waals surface area contributed by atoms with E-state index in [1.165, 1.54) is 42.4 Å². The molecule has 0 radical (unpaired) electrons. The van der Waals surface area contributed by atoms with Gasteiger partial charge in [0.2, 0.25) is 15.9 Å². The molecule has 0 aliphatic carbocycles. The van der Waals surface area contributed by atoms with Gasteiger partial charge in [-0.25, -0.2) is 12.8 Å². The maximum Gasteiger partial charge on any atom is 0.243 e. The molecule has 3 rings (SSSR count). The van der Waals surface area contributed by atoms with Gasteiger partial charge in [0, 0.05) is 25.3 Å². The number of fused-ring (bicyclic) bond motifs is 1. The van der Waals surface area contributed by atoms with Crippen LogP contribution >= 0.6 is 0 Å². The van der Waals surface area contributed by atoms with E-state index in [-0.39, 0.29) is 5.69 Å². The van der Waals surface area contributed by atoms with Gasteiger partial charge in [-0.15, -0.1) is 0 Å². The molecular formula is C22H28FN3O3S. The Labute approximate surface area is 177 Å². The van der Waals surface area contributed by atoms with E-state index in [9.17, 15) is 17.6 Å². The fourth-order valence-electron chi connectivity index (χ4n) is 3.88. The van der Waals surface area contributed by atoms with Crippen LogP contribution in [0.4, 0.5) is 15.8 Å². The molecule has 0 unspecified atom stereocenters. The number of sulfonamides is 1. The van der Waals surface area contributed by atoms with Crippen LogP contribution in [0.2, 0.25) is 0 Å². The van der Waals surface area contributed by atoms with E-state index in [2.05, 4.69) is 22.3 Å². The van der Waals surface area contributed by atoms with E-state index in [0.29, 0.717) is 6.54 Å². The lowest BCUT2D eigenvalue weighted by atomic mass is 10.0. The third-order valence-electron chi connectivity index (χ3n) is 5.29. The molecule has 1 amide bonds. The molecule has 0 spiro atoms. The minimum absolute atomic E-state index is 0.132. The minimum atomic E-state index is -3.84. The number of aryl methyl sites for hydroxylation is 1. The van der Waals surface area contributed by atoms with Crippen molar-refractivity contribution < 1.29 is 17.6 Å². The summed E-state index contributed by atoms with van der Waals surface area (Å²) in [6, 6.07) is 12.8. The topological polar surface area (TPSA) is 69.7 Å². The van der Waals surface area contributed by atoms with E-state index in [1.54, 1.807) is 0 Å². The number of carbonyl (C=O) groups is 1.